The molecule has 0 unspecified atom stereocenters. The summed E-state index contributed by atoms with van der Waals surface area (Å²) >= 11 is 1.29. The van der Waals surface area contributed by atoms with Gasteiger partial charge in [0.2, 0.25) is 0 Å². The summed E-state index contributed by atoms with van der Waals surface area (Å²) in [5.74, 6) is -0.938. The molecule has 1 heterocycles. The van der Waals surface area contributed by atoms with E-state index in [1.807, 2.05) is 36.4 Å². The van der Waals surface area contributed by atoms with E-state index < -0.39 is 18.1 Å². The molecule has 0 spiro atoms. The van der Waals surface area contributed by atoms with Gasteiger partial charge >= 0.3 is 12.1 Å². The quantitative estimate of drug-likeness (QED) is 0.695. The lowest BCUT2D eigenvalue weighted by atomic mass is 9.98. The van der Waals surface area contributed by atoms with E-state index in [0.29, 0.717) is 0 Å². The number of carbonyl (C=O) groups is 2. The number of aromatic nitrogens is 1. The average molecular weight is 394 g/mol. The van der Waals surface area contributed by atoms with Gasteiger partial charge in [0, 0.05) is 11.3 Å². The molecule has 1 atom stereocenters. The maximum Gasteiger partial charge on any atom is 0.416 e. The van der Waals surface area contributed by atoms with Crippen LogP contribution in [0.3, 0.4) is 0 Å². The molecular formula is C21H18N2O4S. The van der Waals surface area contributed by atoms with Gasteiger partial charge in [0.05, 0.1) is 5.51 Å². The van der Waals surface area contributed by atoms with Crippen molar-refractivity contribution in [3.63, 3.8) is 0 Å². The number of benzene rings is 2. The molecule has 6 nitrogen and oxygen atoms in total. The van der Waals surface area contributed by atoms with Crippen molar-refractivity contribution >= 4 is 29.2 Å². The highest BCUT2D eigenvalue weighted by Gasteiger charge is 2.33. The van der Waals surface area contributed by atoms with Crippen LogP contribution in [0.2, 0.25) is 0 Å². The van der Waals surface area contributed by atoms with E-state index in [0.717, 1.165) is 27.2 Å². The molecule has 7 heteroatoms. The molecule has 0 radical (unpaired) electrons. The van der Waals surface area contributed by atoms with Crippen molar-refractivity contribution in [2.75, 3.05) is 11.5 Å². The summed E-state index contributed by atoms with van der Waals surface area (Å²) in [7, 11) is 0. The van der Waals surface area contributed by atoms with E-state index in [1.165, 1.54) is 18.3 Å². The highest BCUT2D eigenvalue weighted by molar-refractivity contribution is 7.07. The standard InChI is InChI=1S/C21H18N2O4S/c1-13(20(24)25)23(19-11-28-12-22-19)21(26)27-10-18-16-8-4-2-6-14(16)15-7-3-5-9-17(15)18/h2-9,11-13,18H,10H2,1H3,(H,24,25)/t13-/m1/s1. The van der Waals surface area contributed by atoms with Crippen molar-refractivity contribution in [3.8, 4) is 11.1 Å². The van der Waals surface area contributed by atoms with Gasteiger partial charge in [-0.15, -0.1) is 11.3 Å². The van der Waals surface area contributed by atoms with Crippen LogP contribution in [0.1, 0.15) is 24.0 Å². The van der Waals surface area contributed by atoms with Gasteiger partial charge in [0.15, 0.2) is 0 Å². The summed E-state index contributed by atoms with van der Waals surface area (Å²) in [6, 6.07) is 15.0. The fourth-order valence-corrected chi connectivity index (χ4v) is 4.08. The number of rotatable bonds is 5. The first-order valence-corrected chi connectivity index (χ1v) is 9.77. The van der Waals surface area contributed by atoms with E-state index in [9.17, 15) is 14.7 Å². The van der Waals surface area contributed by atoms with E-state index in [2.05, 4.69) is 17.1 Å². The number of carbonyl (C=O) groups excluding carboxylic acids is 1. The number of anilines is 1. The second kappa shape index (κ2) is 7.44. The highest BCUT2D eigenvalue weighted by atomic mass is 32.1. The summed E-state index contributed by atoms with van der Waals surface area (Å²) < 4.78 is 5.59. The van der Waals surface area contributed by atoms with Crippen molar-refractivity contribution < 1.29 is 19.4 Å². The summed E-state index contributed by atoms with van der Waals surface area (Å²) in [6.45, 7) is 1.56. The lowest BCUT2D eigenvalue weighted by molar-refractivity contribution is -0.138. The summed E-state index contributed by atoms with van der Waals surface area (Å²) in [4.78, 5) is 29.4. The van der Waals surface area contributed by atoms with E-state index >= 15 is 0 Å². The van der Waals surface area contributed by atoms with Gasteiger partial charge in [-0.25, -0.2) is 19.5 Å². The molecule has 28 heavy (non-hydrogen) atoms. The average Bonchev–Trinajstić information content (AvgIpc) is 3.33. The lowest BCUT2D eigenvalue weighted by Crippen LogP contribution is -2.44. The minimum atomic E-state index is -1.12. The number of carboxylic acids is 1. The van der Waals surface area contributed by atoms with Gasteiger partial charge in [0.1, 0.15) is 18.5 Å². The van der Waals surface area contributed by atoms with Crippen molar-refractivity contribution in [1.82, 2.24) is 4.98 Å². The highest BCUT2D eigenvalue weighted by Crippen LogP contribution is 2.44. The summed E-state index contributed by atoms with van der Waals surface area (Å²) in [5.41, 5.74) is 6.02. The molecule has 3 aromatic rings. The van der Waals surface area contributed by atoms with Crippen LogP contribution in [-0.4, -0.2) is 34.8 Å². The first-order valence-electron chi connectivity index (χ1n) is 8.83. The number of nitrogens with zero attached hydrogens (tertiary/aromatic N) is 2. The number of aliphatic carboxylic acids is 1. The topological polar surface area (TPSA) is 79.7 Å². The number of carboxylic acid groups (broad SMARTS) is 1. The number of thiazole rings is 1. The zero-order valence-electron chi connectivity index (χ0n) is 15.1. The van der Waals surface area contributed by atoms with Crippen LogP contribution in [0, 0.1) is 0 Å². The largest absolute Gasteiger partial charge is 0.480 e. The SMILES string of the molecule is C[C@H](C(=O)O)N(C(=O)OCC1c2ccccc2-c2ccccc21)c1cscn1. The zero-order chi connectivity index (χ0) is 19.7. The minimum absolute atomic E-state index is 0.0891. The third-order valence-electron chi connectivity index (χ3n) is 4.94. The van der Waals surface area contributed by atoms with Gasteiger partial charge in [0.25, 0.3) is 0 Å². The number of hydrogen-bond donors (Lipinski definition) is 1. The Balaban J connectivity index is 1.58. The molecule has 1 aliphatic rings. The molecule has 142 valence electrons. The summed E-state index contributed by atoms with van der Waals surface area (Å²) in [6.07, 6.45) is -0.720. The van der Waals surface area contributed by atoms with Crippen LogP contribution in [-0.2, 0) is 9.53 Å². The Labute approximate surface area is 166 Å². The maximum absolute atomic E-state index is 12.8. The molecule has 0 bridgehead atoms. The minimum Gasteiger partial charge on any atom is -0.480 e. The molecular weight excluding hydrogens is 376 g/mol. The summed E-state index contributed by atoms with van der Waals surface area (Å²) in [5, 5.41) is 11.0. The van der Waals surface area contributed by atoms with Crippen LogP contribution in [0.5, 0.6) is 0 Å². The molecule has 1 aliphatic carbocycles. The number of ether oxygens (including phenoxy) is 1. The molecule has 1 aromatic heterocycles. The molecule has 4 rings (SSSR count). The Bertz CT molecular complexity index is 973. The van der Waals surface area contributed by atoms with Crippen molar-refractivity contribution in [1.29, 1.82) is 0 Å². The predicted octanol–water partition coefficient (Wildman–Crippen LogP) is 4.37. The molecule has 2 aromatic carbocycles. The Kier molecular flexibility index (Phi) is 4.83. The Morgan fingerprint density at radius 2 is 1.75 bits per heavy atom. The first-order chi connectivity index (χ1) is 13.6. The molecule has 0 fully saturated rings. The molecule has 1 N–H and O–H groups in total. The molecule has 1 amide bonds. The van der Waals surface area contributed by atoms with Crippen molar-refractivity contribution in [2.24, 2.45) is 0 Å². The molecule has 0 aliphatic heterocycles. The predicted molar refractivity (Wildman–Crippen MR) is 107 cm³/mol. The van der Waals surface area contributed by atoms with E-state index in [-0.39, 0.29) is 18.3 Å². The van der Waals surface area contributed by atoms with Crippen molar-refractivity contribution in [2.45, 2.75) is 18.9 Å². The Hall–Kier alpha value is -3.19. The maximum atomic E-state index is 12.8. The second-order valence-electron chi connectivity index (χ2n) is 6.53. The monoisotopic (exact) mass is 394 g/mol. The second-order valence-corrected chi connectivity index (χ2v) is 7.25. The third kappa shape index (κ3) is 3.14. The van der Waals surface area contributed by atoms with Crippen LogP contribution in [0.15, 0.2) is 59.4 Å². The van der Waals surface area contributed by atoms with Gasteiger partial charge in [-0.2, -0.15) is 0 Å². The van der Waals surface area contributed by atoms with Crippen molar-refractivity contribution in [3.05, 3.63) is 70.5 Å². The van der Waals surface area contributed by atoms with E-state index in [4.69, 9.17) is 4.74 Å². The van der Waals surface area contributed by atoms with Crippen LogP contribution in [0.25, 0.3) is 11.1 Å². The van der Waals surface area contributed by atoms with Gasteiger partial charge in [-0.05, 0) is 29.2 Å². The molecule has 0 saturated carbocycles. The lowest BCUT2D eigenvalue weighted by Gasteiger charge is -2.24. The zero-order valence-corrected chi connectivity index (χ0v) is 15.9. The van der Waals surface area contributed by atoms with Crippen LogP contribution < -0.4 is 4.90 Å². The Morgan fingerprint density at radius 3 is 2.29 bits per heavy atom. The molecule has 0 saturated heterocycles. The smallest absolute Gasteiger partial charge is 0.416 e. The first kappa shape index (κ1) is 18.2. The van der Waals surface area contributed by atoms with Crippen LogP contribution >= 0.6 is 11.3 Å². The Morgan fingerprint density at radius 1 is 1.14 bits per heavy atom. The van der Waals surface area contributed by atoms with Gasteiger partial charge in [-0.1, -0.05) is 48.5 Å². The van der Waals surface area contributed by atoms with Crippen LogP contribution in [0.4, 0.5) is 10.6 Å². The number of amides is 1. The fraction of sp³-hybridized carbons (Fsp3) is 0.190. The number of fused-ring (bicyclic) bond motifs is 3. The van der Waals surface area contributed by atoms with Gasteiger partial charge in [-0.3, -0.25) is 0 Å². The van der Waals surface area contributed by atoms with Gasteiger partial charge < -0.3 is 9.84 Å². The third-order valence-corrected chi connectivity index (χ3v) is 5.52. The number of hydrogen-bond acceptors (Lipinski definition) is 5. The normalized spacial score (nSPS) is 13.5. The van der Waals surface area contributed by atoms with E-state index in [1.54, 1.807) is 10.9 Å². The fourth-order valence-electron chi connectivity index (χ4n) is 3.55.